The van der Waals surface area contributed by atoms with Gasteiger partial charge in [-0.2, -0.15) is 0 Å². The number of aliphatic hydroxyl groups excluding tert-OH is 1. The largest absolute Gasteiger partial charge is 0.392 e. The Morgan fingerprint density at radius 3 is 2.58 bits per heavy atom. The molecule has 1 rings (SSSR count). The third-order valence-electron chi connectivity index (χ3n) is 1.91. The number of aryl methyl sites for hydroxylation is 1. The quantitative estimate of drug-likeness (QED) is 0.790. The zero-order valence-corrected chi connectivity index (χ0v) is 8.57. The number of hydrogen-bond donors (Lipinski definition) is 1. The van der Waals surface area contributed by atoms with Crippen LogP contribution in [0.15, 0.2) is 10.5 Å². The first-order valence-corrected chi connectivity index (χ1v) is 4.42. The Bertz CT molecular complexity index is 310. The van der Waals surface area contributed by atoms with Crippen LogP contribution in [0.3, 0.4) is 0 Å². The van der Waals surface area contributed by atoms with Crippen molar-refractivity contribution in [1.82, 2.24) is 0 Å². The zero-order chi connectivity index (χ0) is 9.30. The van der Waals surface area contributed by atoms with Crippen molar-refractivity contribution < 1.29 is 9.50 Å². The van der Waals surface area contributed by atoms with Crippen LogP contribution in [0.2, 0.25) is 0 Å². The van der Waals surface area contributed by atoms with E-state index >= 15 is 0 Å². The molecule has 0 saturated heterocycles. The van der Waals surface area contributed by atoms with E-state index in [9.17, 15) is 4.39 Å². The molecule has 0 heterocycles. The van der Waals surface area contributed by atoms with Crippen molar-refractivity contribution in [3.8, 4) is 0 Å². The molecule has 0 unspecified atom stereocenters. The summed E-state index contributed by atoms with van der Waals surface area (Å²) >= 11 is 3.14. The van der Waals surface area contributed by atoms with E-state index in [1.807, 2.05) is 0 Å². The van der Waals surface area contributed by atoms with Crippen molar-refractivity contribution in [1.29, 1.82) is 0 Å². The summed E-state index contributed by atoms with van der Waals surface area (Å²) in [6.07, 6.45) is 0. The van der Waals surface area contributed by atoms with Gasteiger partial charge in [0.15, 0.2) is 0 Å². The molecule has 0 amide bonds. The first kappa shape index (κ1) is 9.68. The fraction of sp³-hybridized carbons (Fsp3) is 0.333. The number of benzene rings is 1. The van der Waals surface area contributed by atoms with Crippen LogP contribution in [0.25, 0.3) is 0 Å². The number of halogens is 2. The van der Waals surface area contributed by atoms with E-state index in [0.29, 0.717) is 15.6 Å². The lowest BCUT2D eigenvalue weighted by Crippen LogP contribution is -1.96. The first-order valence-electron chi connectivity index (χ1n) is 3.63. The average Bonchev–Trinajstić information content (AvgIpc) is 2.08. The molecule has 0 aromatic heterocycles. The van der Waals surface area contributed by atoms with Gasteiger partial charge in [-0.25, -0.2) is 4.39 Å². The molecule has 12 heavy (non-hydrogen) atoms. The highest BCUT2D eigenvalue weighted by molar-refractivity contribution is 9.10. The van der Waals surface area contributed by atoms with Crippen LogP contribution in [0, 0.1) is 19.7 Å². The Morgan fingerprint density at radius 2 is 2.08 bits per heavy atom. The molecule has 0 fully saturated rings. The highest BCUT2D eigenvalue weighted by Gasteiger charge is 2.09. The second-order valence-electron chi connectivity index (χ2n) is 2.76. The van der Waals surface area contributed by atoms with Crippen molar-refractivity contribution in [3.05, 3.63) is 33.0 Å². The Hall–Kier alpha value is -0.410. The van der Waals surface area contributed by atoms with Crippen LogP contribution in [0.4, 0.5) is 4.39 Å². The van der Waals surface area contributed by atoms with E-state index < -0.39 is 0 Å². The molecule has 1 aromatic carbocycles. The SMILES string of the molecule is Cc1cc(CO)c(C)c(F)c1Br. The minimum atomic E-state index is -0.279. The minimum Gasteiger partial charge on any atom is -0.392 e. The van der Waals surface area contributed by atoms with Crippen molar-refractivity contribution in [2.24, 2.45) is 0 Å². The highest BCUT2D eigenvalue weighted by atomic mass is 79.9. The monoisotopic (exact) mass is 232 g/mol. The average molecular weight is 233 g/mol. The van der Waals surface area contributed by atoms with Gasteiger partial charge in [-0.15, -0.1) is 0 Å². The Labute approximate surface area is 79.4 Å². The van der Waals surface area contributed by atoms with E-state index in [1.54, 1.807) is 19.9 Å². The van der Waals surface area contributed by atoms with Crippen LogP contribution in [0.1, 0.15) is 16.7 Å². The molecule has 0 spiro atoms. The van der Waals surface area contributed by atoms with Gasteiger partial charge in [0.2, 0.25) is 0 Å². The lowest BCUT2D eigenvalue weighted by Gasteiger charge is -2.07. The molecule has 0 saturated carbocycles. The third kappa shape index (κ3) is 1.52. The van der Waals surface area contributed by atoms with Crippen LogP contribution in [-0.4, -0.2) is 5.11 Å². The smallest absolute Gasteiger partial charge is 0.140 e. The zero-order valence-electron chi connectivity index (χ0n) is 6.99. The van der Waals surface area contributed by atoms with Crippen LogP contribution < -0.4 is 0 Å². The minimum absolute atomic E-state index is 0.114. The summed E-state index contributed by atoms with van der Waals surface area (Å²) in [5.41, 5.74) is 1.96. The van der Waals surface area contributed by atoms with Gasteiger partial charge in [0.05, 0.1) is 11.1 Å². The number of rotatable bonds is 1. The summed E-state index contributed by atoms with van der Waals surface area (Å²) in [6.45, 7) is 3.34. The first-order chi connectivity index (χ1) is 5.57. The fourth-order valence-corrected chi connectivity index (χ4v) is 1.49. The summed E-state index contributed by atoms with van der Waals surface area (Å²) in [6, 6.07) is 1.78. The maximum absolute atomic E-state index is 13.3. The van der Waals surface area contributed by atoms with Gasteiger partial charge in [-0.1, -0.05) is 6.07 Å². The van der Waals surface area contributed by atoms with E-state index in [2.05, 4.69) is 15.9 Å². The fourth-order valence-electron chi connectivity index (χ4n) is 1.08. The highest BCUT2D eigenvalue weighted by Crippen LogP contribution is 2.25. The molecular formula is C9H10BrFO. The Morgan fingerprint density at radius 1 is 1.50 bits per heavy atom. The molecule has 1 N–H and O–H groups in total. The van der Waals surface area contributed by atoms with E-state index in [1.165, 1.54) is 0 Å². The van der Waals surface area contributed by atoms with Crippen LogP contribution in [-0.2, 0) is 6.61 Å². The van der Waals surface area contributed by atoms with Gasteiger partial charge in [0, 0.05) is 0 Å². The van der Waals surface area contributed by atoms with Crippen LogP contribution >= 0.6 is 15.9 Å². The Kier molecular flexibility index (Phi) is 2.85. The topological polar surface area (TPSA) is 20.2 Å². The molecule has 0 bridgehead atoms. The number of hydrogen-bond acceptors (Lipinski definition) is 1. The summed E-state index contributed by atoms with van der Waals surface area (Å²) in [5, 5.41) is 8.88. The standard InChI is InChI=1S/C9H10BrFO/c1-5-3-7(4-12)6(2)9(11)8(5)10/h3,12H,4H2,1-2H3. The van der Waals surface area contributed by atoms with Gasteiger partial charge in [0.1, 0.15) is 5.82 Å². The molecule has 0 atom stereocenters. The van der Waals surface area contributed by atoms with E-state index in [0.717, 1.165) is 5.56 Å². The van der Waals surface area contributed by atoms with Gasteiger partial charge in [-0.3, -0.25) is 0 Å². The van der Waals surface area contributed by atoms with E-state index in [4.69, 9.17) is 5.11 Å². The van der Waals surface area contributed by atoms with Crippen molar-refractivity contribution in [3.63, 3.8) is 0 Å². The molecule has 3 heteroatoms. The molecule has 0 aliphatic heterocycles. The predicted molar refractivity (Wildman–Crippen MR) is 49.5 cm³/mol. The maximum atomic E-state index is 13.3. The van der Waals surface area contributed by atoms with Crippen molar-refractivity contribution >= 4 is 15.9 Å². The lowest BCUT2D eigenvalue weighted by molar-refractivity contribution is 0.280. The van der Waals surface area contributed by atoms with Gasteiger partial charge < -0.3 is 5.11 Å². The van der Waals surface area contributed by atoms with Crippen LogP contribution in [0.5, 0.6) is 0 Å². The molecule has 0 radical (unpaired) electrons. The predicted octanol–water partition coefficient (Wildman–Crippen LogP) is 2.70. The lowest BCUT2D eigenvalue weighted by atomic mass is 10.1. The normalized spacial score (nSPS) is 10.4. The molecule has 0 aliphatic rings. The van der Waals surface area contributed by atoms with Crippen molar-refractivity contribution in [2.75, 3.05) is 0 Å². The molecule has 1 aromatic rings. The number of aliphatic hydroxyl groups is 1. The van der Waals surface area contributed by atoms with E-state index in [-0.39, 0.29) is 12.4 Å². The molecule has 0 aliphatic carbocycles. The second-order valence-corrected chi connectivity index (χ2v) is 3.56. The van der Waals surface area contributed by atoms with Gasteiger partial charge in [0.25, 0.3) is 0 Å². The second kappa shape index (κ2) is 3.54. The summed E-state index contributed by atoms with van der Waals surface area (Å²) < 4.78 is 13.8. The summed E-state index contributed by atoms with van der Waals surface area (Å²) in [7, 11) is 0. The molecule has 66 valence electrons. The summed E-state index contributed by atoms with van der Waals surface area (Å²) in [4.78, 5) is 0. The summed E-state index contributed by atoms with van der Waals surface area (Å²) in [5.74, 6) is -0.279. The third-order valence-corrected chi connectivity index (χ3v) is 2.88. The molecular weight excluding hydrogens is 223 g/mol. The van der Waals surface area contributed by atoms with Gasteiger partial charge >= 0.3 is 0 Å². The Balaban J connectivity index is 3.39. The van der Waals surface area contributed by atoms with Gasteiger partial charge in [-0.05, 0) is 46.5 Å². The van der Waals surface area contributed by atoms with Crippen molar-refractivity contribution in [2.45, 2.75) is 20.5 Å². The molecule has 1 nitrogen and oxygen atoms in total. The maximum Gasteiger partial charge on any atom is 0.140 e.